The van der Waals surface area contributed by atoms with Gasteiger partial charge in [-0.25, -0.2) is 0 Å². The fourth-order valence-corrected chi connectivity index (χ4v) is 1.17. The minimum atomic E-state index is -1.32. The van der Waals surface area contributed by atoms with Crippen LogP contribution in [0.2, 0.25) is 0 Å². The summed E-state index contributed by atoms with van der Waals surface area (Å²) >= 11 is 0. The van der Waals surface area contributed by atoms with Crippen LogP contribution in [0.15, 0.2) is 30.3 Å². The van der Waals surface area contributed by atoms with Gasteiger partial charge in [0.25, 0.3) is 0 Å². The van der Waals surface area contributed by atoms with E-state index >= 15 is 0 Å². The van der Waals surface area contributed by atoms with Crippen molar-refractivity contribution in [2.45, 2.75) is 25.6 Å². The van der Waals surface area contributed by atoms with E-state index in [9.17, 15) is 15.0 Å². The number of aliphatic hydroxyl groups excluding tert-OH is 2. The van der Waals surface area contributed by atoms with Gasteiger partial charge in [-0.3, -0.25) is 4.79 Å². The lowest BCUT2D eigenvalue weighted by Gasteiger charge is -2.14. The molecule has 1 rings (SSSR count). The molecule has 1 aromatic carbocycles. The van der Waals surface area contributed by atoms with Crippen LogP contribution in [-0.2, 0) is 0 Å². The molecule has 0 bridgehead atoms. The van der Waals surface area contributed by atoms with Crippen molar-refractivity contribution >= 4 is 5.78 Å². The summed E-state index contributed by atoms with van der Waals surface area (Å²) in [4.78, 5) is 11.5. The van der Waals surface area contributed by atoms with Crippen LogP contribution < -0.4 is 0 Å². The second-order valence-corrected chi connectivity index (χ2v) is 3.15. The smallest absolute Gasteiger partial charge is 0.193 e. The highest BCUT2D eigenvalue weighted by Crippen LogP contribution is 2.08. The fraction of sp³-hybridized carbons (Fsp3) is 0.364. The molecule has 2 N–H and O–H groups in total. The maximum absolute atomic E-state index is 11.5. The van der Waals surface area contributed by atoms with Crippen LogP contribution in [0, 0.1) is 0 Å². The predicted molar refractivity (Wildman–Crippen MR) is 53.1 cm³/mol. The molecule has 14 heavy (non-hydrogen) atoms. The van der Waals surface area contributed by atoms with Crippen LogP contribution in [0.4, 0.5) is 0 Å². The maximum atomic E-state index is 11.5. The van der Waals surface area contributed by atoms with Crippen molar-refractivity contribution in [3.63, 3.8) is 0 Å². The summed E-state index contributed by atoms with van der Waals surface area (Å²) in [6, 6.07) is 8.47. The van der Waals surface area contributed by atoms with Gasteiger partial charge in [-0.15, -0.1) is 0 Å². The molecule has 0 aliphatic heterocycles. The largest absolute Gasteiger partial charge is 0.390 e. The summed E-state index contributed by atoms with van der Waals surface area (Å²) in [5.41, 5.74) is 0.424. The van der Waals surface area contributed by atoms with E-state index in [-0.39, 0.29) is 0 Å². The standard InChI is InChI=1S/C11H14O3/c1-2-9(12)11(14)10(13)8-6-4-3-5-7-8/h3-7,9,11-12,14H,2H2,1H3/t9-,11+/m1/s1. The molecule has 0 aromatic heterocycles. The number of benzene rings is 1. The predicted octanol–water partition coefficient (Wildman–Crippen LogP) is 1.00. The Hall–Kier alpha value is -1.19. The van der Waals surface area contributed by atoms with Gasteiger partial charge in [0.05, 0.1) is 6.10 Å². The van der Waals surface area contributed by atoms with Crippen LogP contribution >= 0.6 is 0 Å². The van der Waals surface area contributed by atoms with Gasteiger partial charge in [-0.05, 0) is 6.42 Å². The number of hydrogen-bond acceptors (Lipinski definition) is 3. The van der Waals surface area contributed by atoms with E-state index in [4.69, 9.17) is 0 Å². The molecule has 0 amide bonds. The molecule has 3 nitrogen and oxygen atoms in total. The molecule has 0 unspecified atom stereocenters. The second-order valence-electron chi connectivity index (χ2n) is 3.15. The molecule has 0 saturated heterocycles. The van der Waals surface area contributed by atoms with Crippen LogP contribution in [0.25, 0.3) is 0 Å². The topological polar surface area (TPSA) is 57.5 Å². The van der Waals surface area contributed by atoms with Crippen LogP contribution in [0.3, 0.4) is 0 Å². The van der Waals surface area contributed by atoms with Gasteiger partial charge >= 0.3 is 0 Å². The molecule has 76 valence electrons. The van der Waals surface area contributed by atoms with Gasteiger partial charge in [0.2, 0.25) is 0 Å². The first-order valence-electron chi connectivity index (χ1n) is 4.62. The lowest BCUT2D eigenvalue weighted by Crippen LogP contribution is -2.33. The molecule has 0 spiro atoms. The fourth-order valence-electron chi connectivity index (χ4n) is 1.17. The van der Waals surface area contributed by atoms with Crippen LogP contribution in [0.5, 0.6) is 0 Å². The SMILES string of the molecule is CC[C@@H](O)[C@H](O)C(=O)c1ccccc1. The summed E-state index contributed by atoms with van der Waals surface area (Å²) in [5.74, 6) is -0.431. The van der Waals surface area contributed by atoms with Crippen molar-refractivity contribution < 1.29 is 15.0 Å². The Bertz CT molecular complexity index is 295. The van der Waals surface area contributed by atoms with Crippen molar-refractivity contribution in [3.8, 4) is 0 Å². The van der Waals surface area contributed by atoms with Crippen LogP contribution in [-0.4, -0.2) is 28.2 Å². The number of ketones is 1. The quantitative estimate of drug-likeness (QED) is 0.703. The van der Waals surface area contributed by atoms with Gasteiger partial charge in [0, 0.05) is 5.56 Å². The Morgan fingerprint density at radius 3 is 2.36 bits per heavy atom. The Morgan fingerprint density at radius 1 is 1.29 bits per heavy atom. The highest BCUT2D eigenvalue weighted by Gasteiger charge is 2.23. The molecule has 0 fully saturated rings. The van der Waals surface area contributed by atoms with E-state index in [1.807, 2.05) is 0 Å². The van der Waals surface area contributed by atoms with Crippen molar-refractivity contribution in [2.24, 2.45) is 0 Å². The normalized spacial score (nSPS) is 14.8. The molecular formula is C11H14O3. The van der Waals surface area contributed by atoms with E-state index in [1.54, 1.807) is 37.3 Å². The summed E-state index contributed by atoms with van der Waals surface area (Å²) in [6.45, 7) is 1.71. The number of aliphatic hydroxyl groups is 2. The third-order valence-corrected chi connectivity index (χ3v) is 2.11. The van der Waals surface area contributed by atoms with Crippen molar-refractivity contribution in [1.29, 1.82) is 0 Å². The first-order valence-corrected chi connectivity index (χ1v) is 4.62. The highest BCUT2D eigenvalue weighted by molar-refractivity contribution is 5.99. The van der Waals surface area contributed by atoms with Crippen molar-refractivity contribution in [3.05, 3.63) is 35.9 Å². The zero-order valence-corrected chi connectivity index (χ0v) is 8.05. The Kier molecular flexibility index (Phi) is 3.80. The zero-order valence-electron chi connectivity index (χ0n) is 8.05. The summed E-state index contributed by atoms with van der Waals surface area (Å²) in [7, 11) is 0. The number of carbonyl (C=O) groups is 1. The molecule has 0 saturated carbocycles. The summed E-state index contributed by atoms with van der Waals surface area (Å²) in [5, 5.41) is 18.7. The summed E-state index contributed by atoms with van der Waals surface area (Å²) in [6.07, 6.45) is -1.94. The van der Waals surface area contributed by atoms with E-state index in [1.165, 1.54) is 0 Å². The van der Waals surface area contributed by atoms with E-state index in [0.717, 1.165) is 0 Å². The van der Waals surface area contributed by atoms with Crippen molar-refractivity contribution in [1.82, 2.24) is 0 Å². The van der Waals surface area contributed by atoms with Crippen molar-refractivity contribution in [2.75, 3.05) is 0 Å². The number of hydrogen-bond donors (Lipinski definition) is 2. The van der Waals surface area contributed by atoms with Gasteiger partial charge in [0.15, 0.2) is 5.78 Å². The number of Topliss-reactive ketones (excluding diaryl/α,β-unsaturated/α-hetero) is 1. The molecule has 3 heteroatoms. The second kappa shape index (κ2) is 4.88. The third kappa shape index (κ3) is 2.40. The van der Waals surface area contributed by atoms with E-state index in [2.05, 4.69) is 0 Å². The first kappa shape index (κ1) is 10.9. The van der Waals surface area contributed by atoms with Gasteiger partial charge in [-0.1, -0.05) is 37.3 Å². The van der Waals surface area contributed by atoms with Crippen LogP contribution in [0.1, 0.15) is 23.7 Å². The molecule has 1 aromatic rings. The molecule has 0 aliphatic carbocycles. The van der Waals surface area contributed by atoms with E-state index < -0.39 is 18.0 Å². The molecule has 0 aliphatic rings. The lowest BCUT2D eigenvalue weighted by atomic mass is 10.0. The highest BCUT2D eigenvalue weighted by atomic mass is 16.3. The average Bonchev–Trinajstić information content (AvgIpc) is 2.27. The van der Waals surface area contributed by atoms with Gasteiger partial charge < -0.3 is 10.2 Å². The van der Waals surface area contributed by atoms with Gasteiger partial charge in [0.1, 0.15) is 6.10 Å². The lowest BCUT2D eigenvalue weighted by molar-refractivity contribution is 0.0199. The maximum Gasteiger partial charge on any atom is 0.193 e. The molecule has 0 heterocycles. The average molecular weight is 194 g/mol. The molecule has 2 atom stereocenters. The zero-order chi connectivity index (χ0) is 10.6. The third-order valence-electron chi connectivity index (χ3n) is 2.11. The Balaban J connectivity index is 2.76. The number of carbonyl (C=O) groups excluding carboxylic acids is 1. The van der Waals surface area contributed by atoms with E-state index in [0.29, 0.717) is 12.0 Å². The Labute approximate surface area is 83.0 Å². The number of rotatable bonds is 4. The Morgan fingerprint density at radius 2 is 1.86 bits per heavy atom. The minimum absolute atomic E-state index is 0.361. The minimum Gasteiger partial charge on any atom is -0.390 e. The van der Waals surface area contributed by atoms with Gasteiger partial charge in [-0.2, -0.15) is 0 Å². The monoisotopic (exact) mass is 194 g/mol. The molecule has 0 radical (unpaired) electrons. The molecular weight excluding hydrogens is 180 g/mol. The summed E-state index contributed by atoms with van der Waals surface area (Å²) < 4.78 is 0. The first-order chi connectivity index (χ1) is 6.66.